The van der Waals surface area contributed by atoms with Crippen molar-refractivity contribution in [1.29, 1.82) is 0 Å². The monoisotopic (exact) mass is 307 g/mol. The number of allylic oxidation sites excluding steroid dienone is 1. The number of nitrogens with one attached hydrogen (secondary N) is 1. The van der Waals surface area contributed by atoms with Crippen molar-refractivity contribution in [3.05, 3.63) is 77.6 Å². The van der Waals surface area contributed by atoms with Crippen molar-refractivity contribution in [2.45, 2.75) is 6.04 Å². The first-order valence-electron chi connectivity index (χ1n) is 7.22. The van der Waals surface area contributed by atoms with Gasteiger partial charge in [-0.1, -0.05) is 30.3 Å². The lowest BCUT2D eigenvalue weighted by atomic mass is 10.0. The summed E-state index contributed by atoms with van der Waals surface area (Å²) in [5.74, 6) is 0.512. The fraction of sp³-hybridized carbons (Fsp3) is 0.0588. The molecule has 3 N–H and O–H groups in total. The molecule has 1 aliphatic rings. The molecule has 5 nitrogen and oxygen atoms in total. The van der Waals surface area contributed by atoms with Crippen molar-refractivity contribution in [2.24, 2.45) is 0 Å². The highest BCUT2D eigenvalue weighted by atomic mass is 19.1. The van der Waals surface area contributed by atoms with Crippen LogP contribution in [-0.2, 0) is 0 Å². The van der Waals surface area contributed by atoms with E-state index in [1.54, 1.807) is 16.8 Å². The average Bonchev–Trinajstić information content (AvgIpc) is 2.95. The maximum Gasteiger partial charge on any atom is 0.241 e. The number of hydrogen-bond donors (Lipinski definition) is 2. The Morgan fingerprint density at radius 2 is 1.78 bits per heavy atom. The Balaban J connectivity index is 1.82. The fourth-order valence-corrected chi connectivity index (χ4v) is 2.70. The quantitative estimate of drug-likeness (QED) is 0.763. The van der Waals surface area contributed by atoms with Crippen molar-refractivity contribution in [2.75, 3.05) is 11.1 Å². The van der Waals surface area contributed by atoms with E-state index >= 15 is 0 Å². The van der Waals surface area contributed by atoms with Crippen LogP contribution in [0.4, 0.5) is 16.3 Å². The second kappa shape index (κ2) is 5.24. The van der Waals surface area contributed by atoms with Crippen molar-refractivity contribution < 1.29 is 4.39 Å². The highest BCUT2D eigenvalue weighted by Crippen LogP contribution is 2.32. The molecule has 0 bridgehead atoms. The minimum atomic E-state index is -0.266. The number of anilines is 2. The molecule has 1 aliphatic heterocycles. The topological polar surface area (TPSA) is 68.8 Å². The lowest BCUT2D eigenvalue weighted by Gasteiger charge is -2.24. The number of aromatic nitrogens is 3. The van der Waals surface area contributed by atoms with Crippen molar-refractivity contribution in [3.8, 4) is 0 Å². The van der Waals surface area contributed by atoms with E-state index in [0.717, 1.165) is 16.8 Å². The summed E-state index contributed by atoms with van der Waals surface area (Å²) in [7, 11) is 0. The Kier molecular flexibility index (Phi) is 3.08. The Hall–Kier alpha value is -3.15. The van der Waals surface area contributed by atoms with Crippen molar-refractivity contribution in [3.63, 3.8) is 0 Å². The first-order valence-corrected chi connectivity index (χ1v) is 7.22. The number of fused-ring (bicyclic) bond motifs is 1. The molecule has 1 aromatic heterocycles. The zero-order chi connectivity index (χ0) is 15.8. The van der Waals surface area contributed by atoms with Crippen LogP contribution in [0, 0.1) is 5.82 Å². The van der Waals surface area contributed by atoms with Crippen LogP contribution >= 0.6 is 0 Å². The molecule has 0 saturated carbocycles. The number of halogens is 1. The Morgan fingerprint density at radius 1 is 1.04 bits per heavy atom. The molecule has 0 saturated heterocycles. The molecule has 2 heterocycles. The molecule has 6 heteroatoms. The lowest BCUT2D eigenvalue weighted by Crippen LogP contribution is -2.20. The molecule has 4 rings (SSSR count). The lowest BCUT2D eigenvalue weighted by molar-refractivity contribution is 0.613. The largest absolute Gasteiger partial charge is 0.366 e. The second-order valence-electron chi connectivity index (χ2n) is 5.31. The first kappa shape index (κ1) is 13.5. The van der Waals surface area contributed by atoms with Gasteiger partial charge < -0.3 is 11.1 Å². The molecule has 0 radical (unpaired) electrons. The van der Waals surface area contributed by atoms with E-state index in [0.29, 0.717) is 5.95 Å². The van der Waals surface area contributed by atoms with Crippen LogP contribution in [0.3, 0.4) is 0 Å². The fourth-order valence-electron chi connectivity index (χ4n) is 2.70. The zero-order valence-corrected chi connectivity index (χ0v) is 12.1. The summed E-state index contributed by atoms with van der Waals surface area (Å²) in [6.45, 7) is 0. The smallest absolute Gasteiger partial charge is 0.241 e. The van der Waals surface area contributed by atoms with Gasteiger partial charge in [0, 0.05) is 5.70 Å². The zero-order valence-electron chi connectivity index (χ0n) is 12.1. The summed E-state index contributed by atoms with van der Waals surface area (Å²) in [6, 6.07) is 16.2. The first-order chi connectivity index (χ1) is 11.2. The van der Waals surface area contributed by atoms with Gasteiger partial charge in [0.2, 0.25) is 11.9 Å². The third-order valence-electron chi connectivity index (χ3n) is 3.78. The number of nitrogens with zero attached hydrogens (tertiary/aromatic N) is 3. The number of nitrogens with two attached hydrogens (primary N) is 1. The molecular formula is C17H14FN5. The molecule has 0 aliphatic carbocycles. The molecule has 23 heavy (non-hydrogen) atoms. The van der Waals surface area contributed by atoms with E-state index in [9.17, 15) is 4.39 Å². The van der Waals surface area contributed by atoms with Crippen LogP contribution in [0.15, 0.2) is 60.7 Å². The van der Waals surface area contributed by atoms with Gasteiger partial charge in [-0.2, -0.15) is 4.98 Å². The van der Waals surface area contributed by atoms with E-state index in [4.69, 9.17) is 5.73 Å². The standard InChI is InChI=1S/C17H14FN5/c18-13-8-6-11(7-9-13)14-10-15(12-4-2-1-3-5-12)23-17(20-14)21-16(19)22-23/h1-10,15H,(H3,19,20,21,22). The highest BCUT2D eigenvalue weighted by Gasteiger charge is 2.24. The van der Waals surface area contributed by atoms with E-state index in [-0.39, 0.29) is 17.8 Å². The van der Waals surface area contributed by atoms with Gasteiger partial charge in [0.25, 0.3) is 0 Å². The molecule has 1 atom stereocenters. The van der Waals surface area contributed by atoms with E-state index in [1.807, 2.05) is 36.4 Å². The Labute approximate surface area is 132 Å². The number of nitrogen functional groups attached to an aromatic ring is 1. The summed E-state index contributed by atoms with van der Waals surface area (Å²) < 4.78 is 14.9. The molecule has 2 aromatic carbocycles. The maximum atomic E-state index is 13.2. The Bertz CT molecular complexity index is 868. The molecule has 114 valence electrons. The number of benzene rings is 2. The molecule has 1 unspecified atom stereocenters. The molecule has 0 fully saturated rings. The third-order valence-corrected chi connectivity index (χ3v) is 3.78. The molecule has 0 spiro atoms. The third kappa shape index (κ3) is 2.44. The van der Waals surface area contributed by atoms with Crippen LogP contribution in [0.25, 0.3) is 5.70 Å². The summed E-state index contributed by atoms with van der Waals surface area (Å²) in [5, 5.41) is 7.47. The number of hydrogen-bond acceptors (Lipinski definition) is 4. The van der Waals surface area contributed by atoms with Gasteiger partial charge in [-0.05, 0) is 41.5 Å². The van der Waals surface area contributed by atoms with E-state index < -0.39 is 0 Å². The average molecular weight is 307 g/mol. The van der Waals surface area contributed by atoms with Crippen LogP contribution in [0.1, 0.15) is 17.2 Å². The SMILES string of the molecule is Nc1nc2n(n1)C(c1ccccc1)C=C(c1ccc(F)cc1)N2. The van der Waals surface area contributed by atoms with Crippen LogP contribution < -0.4 is 11.1 Å². The normalized spacial score (nSPS) is 16.4. The predicted molar refractivity (Wildman–Crippen MR) is 87.0 cm³/mol. The summed E-state index contributed by atoms with van der Waals surface area (Å²) >= 11 is 0. The van der Waals surface area contributed by atoms with E-state index in [2.05, 4.69) is 15.4 Å². The molecule has 3 aromatic rings. The summed E-state index contributed by atoms with van der Waals surface area (Å²) in [4.78, 5) is 4.22. The summed E-state index contributed by atoms with van der Waals surface area (Å²) in [6.07, 6.45) is 2.03. The Morgan fingerprint density at radius 3 is 2.52 bits per heavy atom. The molecule has 0 amide bonds. The second-order valence-corrected chi connectivity index (χ2v) is 5.31. The highest BCUT2D eigenvalue weighted by molar-refractivity contribution is 5.77. The summed E-state index contributed by atoms with van der Waals surface area (Å²) in [5.41, 5.74) is 8.54. The molecular weight excluding hydrogens is 293 g/mol. The van der Waals surface area contributed by atoms with Gasteiger partial charge in [-0.25, -0.2) is 9.07 Å². The van der Waals surface area contributed by atoms with Gasteiger partial charge in [0.1, 0.15) is 11.9 Å². The van der Waals surface area contributed by atoms with Gasteiger partial charge in [-0.15, -0.1) is 5.10 Å². The predicted octanol–water partition coefficient (Wildman–Crippen LogP) is 3.06. The van der Waals surface area contributed by atoms with Gasteiger partial charge >= 0.3 is 0 Å². The van der Waals surface area contributed by atoms with Crippen LogP contribution in [0.5, 0.6) is 0 Å². The minimum absolute atomic E-state index is 0.127. The minimum Gasteiger partial charge on any atom is -0.366 e. The van der Waals surface area contributed by atoms with Gasteiger partial charge in [0.05, 0.1) is 0 Å². The van der Waals surface area contributed by atoms with Gasteiger partial charge in [-0.3, -0.25) is 0 Å². The van der Waals surface area contributed by atoms with Crippen LogP contribution in [0.2, 0.25) is 0 Å². The van der Waals surface area contributed by atoms with Crippen molar-refractivity contribution >= 4 is 17.6 Å². The van der Waals surface area contributed by atoms with Gasteiger partial charge in [0.15, 0.2) is 0 Å². The van der Waals surface area contributed by atoms with E-state index in [1.165, 1.54) is 12.1 Å². The van der Waals surface area contributed by atoms with Crippen molar-refractivity contribution in [1.82, 2.24) is 14.8 Å². The number of rotatable bonds is 2. The maximum absolute atomic E-state index is 13.2. The van der Waals surface area contributed by atoms with Crippen LogP contribution in [-0.4, -0.2) is 14.8 Å².